The van der Waals surface area contributed by atoms with E-state index in [1.54, 1.807) is 13.0 Å². The van der Waals surface area contributed by atoms with E-state index in [0.29, 0.717) is 45.0 Å². The molecular weight excluding hydrogens is 545 g/mol. The number of unbranched alkanes of at least 4 members (excludes halogenated alkanes) is 1. The van der Waals surface area contributed by atoms with Crippen molar-refractivity contribution in [2.75, 3.05) is 69.7 Å². The average molecular weight is 591 g/mol. The highest BCUT2D eigenvalue weighted by Crippen LogP contribution is 2.32. The summed E-state index contributed by atoms with van der Waals surface area (Å²) in [7, 11) is 2.10. The van der Waals surface area contributed by atoms with E-state index in [1.807, 2.05) is 36.1 Å². The highest BCUT2D eigenvalue weighted by Gasteiger charge is 2.40. The van der Waals surface area contributed by atoms with Gasteiger partial charge in [0.05, 0.1) is 18.2 Å². The van der Waals surface area contributed by atoms with Crippen molar-refractivity contribution in [1.82, 2.24) is 15.1 Å². The zero-order chi connectivity index (χ0) is 30.1. The summed E-state index contributed by atoms with van der Waals surface area (Å²) in [4.78, 5) is 23.3. The van der Waals surface area contributed by atoms with Crippen LogP contribution in [0.1, 0.15) is 46.0 Å². The summed E-state index contributed by atoms with van der Waals surface area (Å²) in [6.45, 7) is 9.35. The Kier molecular flexibility index (Phi) is 11.3. The van der Waals surface area contributed by atoms with Gasteiger partial charge in [-0.1, -0.05) is 25.5 Å². The molecule has 42 heavy (non-hydrogen) atoms. The normalized spacial score (nSPS) is 22.9. The second kappa shape index (κ2) is 14.9. The number of hydrogen-bond acceptors (Lipinski definition) is 6. The van der Waals surface area contributed by atoms with Crippen LogP contribution in [0, 0.1) is 5.92 Å². The molecule has 3 aliphatic heterocycles. The number of hydrogen-bond donors (Lipinski definition) is 2. The van der Waals surface area contributed by atoms with Gasteiger partial charge in [0.1, 0.15) is 5.84 Å². The Morgan fingerprint density at radius 3 is 2.74 bits per heavy atom. The molecule has 8 nitrogen and oxygen atoms in total. The Balaban J connectivity index is 1.40. The van der Waals surface area contributed by atoms with Gasteiger partial charge in [-0.3, -0.25) is 4.79 Å². The molecule has 3 aliphatic rings. The number of benzene rings is 1. The van der Waals surface area contributed by atoms with E-state index in [1.165, 1.54) is 0 Å². The molecule has 0 aromatic heterocycles. The van der Waals surface area contributed by atoms with Crippen LogP contribution in [-0.2, 0) is 9.53 Å². The fourth-order valence-corrected chi connectivity index (χ4v) is 5.69. The van der Waals surface area contributed by atoms with Crippen LogP contribution in [0.3, 0.4) is 0 Å². The number of ether oxygens (including phenoxy) is 1. The predicted molar refractivity (Wildman–Crippen MR) is 162 cm³/mol. The lowest BCUT2D eigenvalue weighted by atomic mass is 10.0. The Bertz CT molecular complexity index is 1140. The Morgan fingerprint density at radius 2 is 2.00 bits per heavy atom. The van der Waals surface area contributed by atoms with Crippen LogP contribution in [0.25, 0.3) is 0 Å². The number of carbonyl (C=O) groups excluding carboxylic acids is 1. The van der Waals surface area contributed by atoms with Gasteiger partial charge in [-0.25, -0.2) is 4.99 Å². The maximum absolute atomic E-state index is 14.2. The third-order valence-corrected chi connectivity index (χ3v) is 8.10. The number of amides is 1. The number of nitrogens with one attached hydrogen (secondary N) is 2. The SMILES string of the molecule is CCC/C=C(NCCCN1C(=O)C2CCOCC1C2)/C(=C\N=C(C)Nc1cccc(N2CCN(C)CC2)c1)C(F)(F)F. The molecular formula is C31H45F3N6O2. The van der Waals surface area contributed by atoms with Crippen LogP contribution >= 0.6 is 0 Å². The summed E-state index contributed by atoms with van der Waals surface area (Å²) in [5, 5.41) is 6.14. The van der Waals surface area contributed by atoms with Crippen LogP contribution in [-0.4, -0.2) is 93.3 Å². The van der Waals surface area contributed by atoms with Gasteiger partial charge < -0.3 is 30.1 Å². The molecule has 2 bridgehead atoms. The Labute approximate surface area is 247 Å². The number of nitrogens with zero attached hydrogens (tertiary/aromatic N) is 4. The van der Waals surface area contributed by atoms with E-state index in [2.05, 4.69) is 32.5 Å². The average Bonchev–Trinajstić information content (AvgIpc) is 3.09. The number of halogens is 3. The summed E-state index contributed by atoms with van der Waals surface area (Å²) in [6.07, 6.45) is 1.20. The van der Waals surface area contributed by atoms with E-state index >= 15 is 0 Å². The molecule has 232 valence electrons. The number of fused-ring (bicyclic) bond motifs is 2. The molecule has 0 aliphatic carbocycles. The van der Waals surface area contributed by atoms with Crippen LogP contribution in [0.2, 0.25) is 0 Å². The second-order valence-corrected chi connectivity index (χ2v) is 11.4. The lowest BCUT2D eigenvalue weighted by molar-refractivity contribution is -0.134. The number of rotatable bonds is 11. The van der Waals surface area contributed by atoms with Crippen LogP contribution in [0.5, 0.6) is 0 Å². The summed E-state index contributed by atoms with van der Waals surface area (Å²) in [5.41, 5.74) is 1.05. The number of allylic oxidation sites excluding steroid dienone is 2. The van der Waals surface area contributed by atoms with Crippen molar-refractivity contribution in [3.63, 3.8) is 0 Å². The van der Waals surface area contributed by atoms with E-state index in [9.17, 15) is 18.0 Å². The minimum absolute atomic E-state index is 0.00852. The van der Waals surface area contributed by atoms with Crippen LogP contribution in [0.4, 0.5) is 24.5 Å². The molecule has 2 atom stereocenters. The minimum atomic E-state index is -4.59. The largest absolute Gasteiger partial charge is 0.419 e. The summed E-state index contributed by atoms with van der Waals surface area (Å²) in [6, 6.07) is 7.93. The zero-order valence-electron chi connectivity index (χ0n) is 25.1. The first kappa shape index (κ1) is 31.9. The molecule has 2 unspecified atom stereocenters. The van der Waals surface area contributed by atoms with Gasteiger partial charge in [0.2, 0.25) is 5.91 Å². The third kappa shape index (κ3) is 8.73. The number of likely N-dealkylation sites (tertiary alicyclic amines) is 1. The van der Waals surface area contributed by atoms with Crippen molar-refractivity contribution in [3.8, 4) is 0 Å². The zero-order valence-corrected chi connectivity index (χ0v) is 25.1. The molecule has 3 fully saturated rings. The van der Waals surface area contributed by atoms with Gasteiger partial charge in [-0.15, -0.1) is 0 Å². The quantitative estimate of drug-likeness (QED) is 0.163. The lowest BCUT2D eigenvalue weighted by Crippen LogP contribution is -2.44. The first-order valence-electron chi connectivity index (χ1n) is 15.1. The predicted octanol–water partition coefficient (Wildman–Crippen LogP) is 5.02. The number of piperazine rings is 1. The third-order valence-electron chi connectivity index (χ3n) is 8.10. The summed E-state index contributed by atoms with van der Waals surface area (Å²) >= 11 is 0. The lowest BCUT2D eigenvalue weighted by Gasteiger charge is -2.34. The maximum Gasteiger partial charge on any atom is 0.419 e. The van der Waals surface area contributed by atoms with Gasteiger partial charge in [0, 0.05) is 75.1 Å². The van der Waals surface area contributed by atoms with Gasteiger partial charge >= 0.3 is 6.18 Å². The van der Waals surface area contributed by atoms with Crippen molar-refractivity contribution < 1.29 is 22.7 Å². The van der Waals surface area contributed by atoms with Crippen molar-refractivity contribution in [3.05, 3.63) is 47.8 Å². The molecule has 1 aromatic carbocycles. The summed E-state index contributed by atoms with van der Waals surface area (Å²) < 4.78 is 48.3. The highest BCUT2D eigenvalue weighted by molar-refractivity contribution is 5.94. The van der Waals surface area contributed by atoms with Gasteiger partial charge in [0.15, 0.2) is 0 Å². The van der Waals surface area contributed by atoms with Gasteiger partial charge in [-0.2, -0.15) is 13.2 Å². The second-order valence-electron chi connectivity index (χ2n) is 11.4. The minimum Gasteiger partial charge on any atom is -0.385 e. The van der Waals surface area contributed by atoms with Crippen molar-refractivity contribution in [1.29, 1.82) is 0 Å². The molecule has 0 saturated carbocycles. The first-order chi connectivity index (χ1) is 20.2. The van der Waals surface area contributed by atoms with Crippen molar-refractivity contribution >= 4 is 23.1 Å². The maximum atomic E-state index is 14.2. The van der Waals surface area contributed by atoms with Crippen molar-refractivity contribution in [2.45, 2.75) is 58.2 Å². The van der Waals surface area contributed by atoms with E-state index in [0.717, 1.165) is 63.0 Å². The van der Waals surface area contributed by atoms with Gasteiger partial charge in [0.25, 0.3) is 0 Å². The van der Waals surface area contributed by atoms with Crippen LogP contribution in [0.15, 0.2) is 52.8 Å². The number of likely N-dealkylation sites (N-methyl/N-ethyl adjacent to an activating group) is 1. The fourth-order valence-electron chi connectivity index (χ4n) is 5.69. The van der Waals surface area contributed by atoms with Crippen LogP contribution < -0.4 is 15.5 Å². The first-order valence-corrected chi connectivity index (χ1v) is 15.1. The Morgan fingerprint density at radius 1 is 1.21 bits per heavy atom. The fraction of sp³-hybridized carbons (Fsp3) is 0.613. The van der Waals surface area contributed by atoms with E-state index in [4.69, 9.17) is 4.74 Å². The molecule has 0 spiro atoms. The monoisotopic (exact) mass is 590 g/mol. The standard InChI is InChI=1S/C31H45F3N6O2/c1-4-5-10-29(35-12-7-13-40-27-19-24(30(40)41)11-18-42-22-27)28(31(32,33)34)21-36-23(2)37-25-8-6-9-26(20-25)39-16-14-38(3)15-17-39/h6,8-10,20-21,24,27,35H,4-5,7,11-19,22H2,1-3H3,(H,36,37)/b28-21+,29-10-. The molecule has 4 rings (SSSR count). The van der Waals surface area contributed by atoms with E-state index < -0.39 is 11.7 Å². The highest BCUT2D eigenvalue weighted by atomic mass is 19.4. The number of carbonyl (C=O) groups is 1. The number of aliphatic imine (C=N–C) groups is 1. The molecule has 3 heterocycles. The number of amidine groups is 1. The topological polar surface area (TPSA) is 72.4 Å². The van der Waals surface area contributed by atoms with E-state index in [-0.39, 0.29) is 23.6 Å². The molecule has 11 heteroatoms. The molecule has 0 radical (unpaired) electrons. The number of anilines is 2. The molecule has 3 saturated heterocycles. The molecule has 1 amide bonds. The molecule has 2 N–H and O–H groups in total. The summed E-state index contributed by atoms with van der Waals surface area (Å²) in [5.74, 6) is 0.514. The Hall–Kier alpha value is -3.05. The molecule has 1 aromatic rings. The van der Waals surface area contributed by atoms with Crippen molar-refractivity contribution in [2.24, 2.45) is 10.9 Å². The number of alkyl halides is 3. The smallest absolute Gasteiger partial charge is 0.385 e. The van der Waals surface area contributed by atoms with Gasteiger partial charge in [-0.05, 0) is 57.9 Å².